The zero-order chi connectivity index (χ0) is 21.8. The summed E-state index contributed by atoms with van der Waals surface area (Å²) in [5.41, 5.74) is 0.350. The molecule has 0 aliphatic carbocycles. The van der Waals surface area contributed by atoms with Gasteiger partial charge in [0.25, 0.3) is 0 Å². The van der Waals surface area contributed by atoms with Crippen molar-refractivity contribution in [1.82, 2.24) is 0 Å². The third-order valence-corrected chi connectivity index (χ3v) is 6.71. The summed E-state index contributed by atoms with van der Waals surface area (Å²) in [7, 11) is -4.10. The van der Waals surface area contributed by atoms with E-state index in [0.29, 0.717) is 5.56 Å². The van der Waals surface area contributed by atoms with Gasteiger partial charge in [0.2, 0.25) is 6.04 Å². The van der Waals surface area contributed by atoms with Crippen LogP contribution in [0.5, 0.6) is 0 Å². The zero-order valence-electron chi connectivity index (χ0n) is 16.4. The molecule has 1 aliphatic rings. The quantitative estimate of drug-likeness (QED) is 0.267. The standard InChI is InChI=1S/C19H23NO8S/c1-4-27-18(21)16(19(22)28-5-2)15(13-9-7-6-8-10-13)17-12(3)14(20(23)24)11-29(17,25)26/h6-10,14-16H,4-5,11H2,1-3H3/t14-,15+/m1/s1. The van der Waals surface area contributed by atoms with E-state index in [4.69, 9.17) is 9.47 Å². The van der Waals surface area contributed by atoms with E-state index < -0.39 is 50.3 Å². The minimum Gasteiger partial charge on any atom is -0.465 e. The normalized spacial score (nSPS) is 19.1. The summed E-state index contributed by atoms with van der Waals surface area (Å²) in [4.78, 5) is 35.8. The number of hydrogen-bond acceptors (Lipinski definition) is 8. The predicted octanol–water partition coefficient (Wildman–Crippen LogP) is 1.86. The second-order valence-electron chi connectivity index (χ2n) is 6.50. The summed E-state index contributed by atoms with van der Waals surface area (Å²) in [6.07, 6.45) is 0. The summed E-state index contributed by atoms with van der Waals surface area (Å²) < 4.78 is 35.8. The molecule has 1 aromatic carbocycles. The molecule has 9 nitrogen and oxygen atoms in total. The number of allylic oxidation sites excluding steroid dienone is 1. The molecular formula is C19H23NO8S. The van der Waals surface area contributed by atoms with Crippen LogP contribution in [-0.4, -0.2) is 50.3 Å². The van der Waals surface area contributed by atoms with Crippen LogP contribution in [-0.2, 0) is 28.9 Å². The van der Waals surface area contributed by atoms with Gasteiger partial charge in [-0.25, -0.2) is 8.42 Å². The Morgan fingerprint density at radius 1 is 1.14 bits per heavy atom. The van der Waals surface area contributed by atoms with Crippen LogP contribution in [0.4, 0.5) is 0 Å². The minimum absolute atomic E-state index is 0.00227. The van der Waals surface area contributed by atoms with Crippen LogP contribution in [0.25, 0.3) is 0 Å². The molecule has 10 heteroatoms. The molecule has 1 heterocycles. The van der Waals surface area contributed by atoms with Gasteiger partial charge in [0.05, 0.1) is 18.1 Å². The molecule has 1 aliphatic heterocycles. The molecule has 0 saturated carbocycles. The van der Waals surface area contributed by atoms with Crippen molar-refractivity contribution in [3.63, 3.8) is 0 Å². The molecule has 0 bridgehead atoms. The maximum absolute atomic E-state index is 12.9. The van der Waals surface area contributed by atoms with Gasteiger partial charge in [-0.2, -0.15) is 0 Å². The Hall–Kier alpha value is -2.75. The molecule has 0 unspecified atom stereocenters. The second-order valence-corrected chi connectivity index (χ2v) is 8.50. The average Bonchev–Trinajstić information content (AvgIpc) is 2.90. The van der Waals surface area contributed by atoms with E-state index in [2.05, 4.69) is 0 Å². The van der Waals surface area contributed by atoms with Gasteiger partial charge in [0.1, 0.15) is 5.75 Å². The van der Waals surface area contributed by atoms with Crippen molar-refractivity contribution in [3.05, 3.63) is 56.5 Å². The average molecular weight is 425 g/mol. The van der Waals surface area contributed by atoms with Crippen molar-refractivity contribution in [2.45, 2.75) is 32.7 Å². The van der Waals surface area contributed by atoms with Crippen molar-refractivity contribution in [2.75, 3.05) is 19.0 Å². The molecule has 0 amide bonds. The highest BCUT2D eigenvalue weighted by molar-refractivity contribution is 7.95. The monoisotopic (exact) mass is 425 g/mol. The predicted molar refractivity (Wildman–Crippen MR) is 103 cm³/mol. The number of esters is 2. The van der Waals surface area contributed by atoms with E-state index >= 15 is 0 Å². The zero-order valence-corrected chi connectivity index (χ0v) is 17.2. The number of nitro groups is 1. The van der Waals surface area contributed by atoms with Gasteiger partial charge in [-0.15, -0.1) is 0 Å². The maximum Gasteiger partial charge on any atom is 0.321 e. The van der Waals surface area contributed by atoms with Gasteiger partial charge in [-0.05, 0) is 26.3 Å². The van der Waals surface area contributed by atoms with Crippen molar-refractivity contribution >= 4 is 21.8 Å². The van der Waals surface area contributed by atoms with Crippen LogP contribution < -0.4 is 0 Å². The van der Waals surface area contributed by atoms with Crippen LogP contribution in [0.15, 0.2) is 40.8 Å². The van der Waals surface area contributed by atoms with Crippen molar-refractivity contribution < 1.29 is 32.4 Å². The summed E-state index contributed by atoms with van der Waals surface area (Å²) in [5.74, 6) is -5.51. The smallest absolute Gasteiger partial charge is 0.321 e. The van der Waals surface area contributed by atoms with E-state index in [1.807, 2.05) is 0 Å². The molecule has 0 N–H and O–H groups in total. The minimum atomic E-state index is -4.10. The number of hydrogen-bond donors (Lipinski definition) is 0. The van der Waals surface area contributed by atoms with Crippen LogP contribution in [0.2, 0.25) is 0 Å². The summed E-state index contributed by atoms with van der Waals surface area (Å²) in [6.45, 7) is 4.39. The number of carbonyl (C=O) groups is 2. The third-order valence-electron chi connectivity index (χ3n) is 4.71. The number of rotatable bonds is 8. The fraction of sp³-hybridized carbons (Fsp3) is 0.474. The Labute approximate surface area is 168 Å². The van der Waals surface area contributed by atoms with Gasteiger partial charge < -0.3 is 9.47 Å². The summed E-state index contributed by atoms with van der Waals surface area (Å²) >= 11 is 0. The first-order valence-electron chi connectivity index (χ1n) is 9.10. The van der Waals surface area contributed by atoms with Crippen molar-refractivity contribution in [1.29, 1.82) is 0 Å². The first kappa shape index (κ1) is 22.5. The molecule has 0 saturated heterocycles. The molecule has 29 heavy (non-hydrogen) atoms. The molecular weight excluding hydrogens is 402 g/mol. The Morgan fingerprint density at radius 3 is 2.07 bits per heavy atom. The Kier molecular flexibility index (Phi) is 7.12. The second kappa shape index (κ2) is 9.17. The largest absolute Gasteiger partial charge is 0.465 e. The molecule has 0 spiro atoms. The Balaban J connectivity index is 2.76. The molecule has 2 rings (SSSR count). The van der Waals surface area contributed by atoms with Crippen LogP contribution in [0.3, 0.4) is 0 Å². The van der Waals surface area contributed by atoms with E-state index in [-0.39, 0.29) is 23.7 Å². The van der Waals surface area contributed by atoms with E-state index in [1.54, 1.807) is 44.2 Å². The number of benzene rings is 1. The molecule has 158 valence electrons. The highest BCUT2D eigenvalue weighted by Gasteiger charge is 2.51. The van der Waals surface area contributed by atoms with Gasteiger partial charge in [-0.3, -0.25) is 19.7 Å². The Bertz CT molecular complexity index is 905. The molecule has 1 aromatic rings. The molecule has 0 radical (unpaired) electrons. The molecule has 0 aromatic heterocycles. The number of nitrogens with zero attached hydrogens (tertiary/aromatic N) is 1. The van der Waals surface area contributed by atoms with Gasteiger partial charge >= 0.3 is 11.9 Å². The van der Waals surface area contributed by atoms with Gasteiger partial charge in [-0.1, -0.05) is 30.3 Å². The first-order valence-corrected chi connectivity index (χ1v) is 10.8. The lowest BCUT2D eigenvalue weighted by atomic mass is 9.83. The lowest BCUT2D eigenvalue weighted by Gasteiger charge is -2.26. The first-order chi connectivity index (χ1) is 13.7. The van der Waals surface area contributed by atoms with E-state index in [9.17, 15) is 28.1 Å². The summed E-state index contributed by atoms with van der Waals surface area (Å²) in [6, 6.07) is 6.62. The fourth-order valence-corrected chi connectivity index (χ4v) is 5.73. The SMILES string of the molecule is CCOC(=O)C(C(=O)OCC)[C@@H](C1=C(C)[C@H]([N+](=O)[O-])CS1(=O)=O)c1ccccc1. The number of ether oxygens (including phenoxy) is 2. The number of sulfone groups is 1. The van der Waals surface area contributed by atoms with Crippen LogP contribution >= 0.6 is 0 Å². The highest BCUT2D eigenvalue weighted by Crippen LogP contribution is 2.43. The highest BCUT2D eigenvalue weighted by atomic mass is 32.2. The lowest BCUT2D eigenvalue weighted by molar-refractivity contribution is -0.505. The van der Waals surface area contributed by atoms with Crippen molar-refractivity contribution in [3.8, 4) is 0 Å². The summed E-state index contributed by atoms with van der Waals surface area (Å²) in [5, 5.41) is 11.4. The van der Waals surface area contributed by atoms with Crippen LogP contribution in [0, 0.1) is 16.0 Å². The van der Waals surface area contributed by atoms with E-state index in [1.165, 1.54) is 6.92 Å². The van der Waals surface area contributed by atoms with Crippen molar-refractivity contribution in [2.24, 2.45) is 5.92 Å². The topological polar surface area (TPSA) is 130 Å². The Morgan fingerprint density at radius 2 is 1.66 bits per heavy atom. The molecule has 0 fully saturated rings. The van der Waals surface area contributed by atoms with E-state index in [0.717, 1.165) is 0 Å². The number of carbonyl (C=O) groups excluding carboxylic acids is 2. The maximum atomic E-state index is 12.9. The lowest BCUT2D eigenvalue weighted by Crippen LogP contribution is -2.35. The third kappa shape index (κ3) is 4.64. The van der Waals surface area contributed by atoms with Crippen LogP contribution in [0.1, 0.15) is 32.3 Å². The van der Waals surface area contributed by atoms with Gasteiger partial charge in [0.15, 0.2) is 15.8 Å². The van der Waals surface area contributed by atoms with Gasteiger partial charge in [0, 0.05) is 16.4 Å². The fourth-order valence-electron chi connectivity index (χ4n) is 3.48. The molecule has 2 atom stereocenters.